The maximum Gasteiger partial charge on any atom is 0.265 e. The molecule has 0 spiro atoms. The highest BCUT2D eigenvalue weighted by molar-refractivity contribution is 5.95. The molecule has 4 heteroatoms. The summed E-state index contributed by atoms with van der Waals surface area (Å²) >= 11 is 0. The zero-order valence-electron chi connectivity index (χ0n) is 12.6. The molecule has 0 saturated heterocycles. The summed E-state index contributed by atoms with van der Waals surface area (Å²) in [5.74, 6) is -0.0843. The van der Waals surface area contributed by atoms with Gasteiger partial charge < -0.3 is 10.1 Å². The van der Waals surface area contributed by atoms with Crippen LogP contribution in [0.25, 0.3) is 10.8 Å². The third-order valence-corrected chi connectivity index (χ3v) is 3.51. The van der Waals surface area contributed by atoms with Gasteiger partial charge in [-0.1, -0.05) is 42.5 Å². The average Bonchev–Trinajstić information content (AvgIpc) is 2.55. The average molecular weight is 309 g/mol. The van der Waals surface area contributed by atoms with E-state index in [4.69, 9.17) is 4.74 Å². The van der Waals surface area contributed by atoms with Crippen molar-refractivity contribution in [3.8, 4) is 5.75 Å². The minimum absolute atomic E-state index is 0.330. The van der Waals surface area contributed by atoms with Crippen molar-refractivity contribution in [2.45, 2.75) is 13.0 Å². The Labute approximate surface area is 133 Å². The van der Waals surface area contributed by atoms with Crippen LogP contribution >= 0.6 is 0 Å². The second kappa shape index (κ2) is 6.48. The maximum absolute atomic E-state index is 13.2. The number of halogens is 1. The molecule has 116 valence electrons. The largest absolute Gasteiger partial charge is 0.480 e. The van der Waals surface area contributed by atoms with Crippen molar-refractivity contribution in [1.82, 2.24) is 0 Å². The van der Waals surface area contributed by atoms with E-state index in [0.717, 1.165) is 10.8 Å². The van der Waals surface area contributed by atoms with Gasteiger partial charge in [-0.25, -0.2) is 4.39 Å². The molecule has 23 heavy (non-hydrogen) atoms. The van der Waals surface area contributed by atoms with E-state index >= 15 is 0 Å². The zero-order valence-corrected chi connectivity index (χ0v) is 12.6. The van der Waals surface area contributed by atoms with Gasteiger partial charge in [0.1, 0.15) is 11.6 Å². The number of rotatable bonds is 4. The van der Waals surface area contributed by atoms with E-state index in [9.17, 15) is 9.18 Å². The van der Waals surface area contributed by atoms with Crippen LogP contribution in [-0.2, 0) is 4.79 Å². The van der Waals surface area contributed by atoms with Crippen LogP contribution in [-0.4, -0.2) is 12.0 Å². The molecule has 0 saturated carbocycles. The van der Waals surface area contributed by atoms with Crippen LogP contribution in [0.15, 0.2) is 66.7 Å². The summed E-state index contributed by atoms with van der Waals surface area (Å²) in [5, 5.41) is 4.64. The molecule has 1 amide bonds. The molecule has 0 aliphatic heterocycles. The zero-order chi connectivity index (χ0) is 16.2. The van der Waals surface area contributed by atoms with Crippen LogP contribution in [0.3, 0.4) is 0 Å². The lowest BCUT2D eigenvalue weighted by atomic mass is 10.1. The molecule has 0 aliphatic rings. The first-order chi connectivity index (χ1) is 11.1. The van der Waals surface area contributed by atoms with Gasteiger partial charge in [-0.05, 0) is 36.6 Å². The quantitative estimate of drug-likeness (QED) is 0.776. The van der Waals surface area contributed by atoms with E-state index in [1.807, 2.05) is 42.5 Å². The van der Waals surface area contributed by atoms with Gasteiger partial charge in [0.15, 0.2) is 6.10 Å². The van der Waals surface area contributed by atoms with Crippen molar-refractivity contribution >= 4 is 22.4 Å². The van der Waals surface area contributed by atoms with E-state index in [2.05, 4.69) is 5.32 Å². The van der Waals surface area contributed by atoms with E-state index in [0.29, 0.717) is 11.4 Å². The minimum Gasteiger partial charge on any atom is -0.480 e. The maximum atomic E-state index is 13.2. The first kappa shape index (κ1) is 15.0. The lowest BCUT2D eigenvalue weighted by molar-refractivity contribution is -0.122. The van der Waals surface area contributed by atoms with E-state index in [1.54, 1.807) is 19.1 Å². The number of nitrogens with one attached hydrogen (secondary N) is 1. The summed E-state index contributed by atoms with van der Waals surface area (Å²) in [6.07, 6.45) is -0.705. The third-order valence-electron chi connectivity index (χ3n) is 3.51. The minimum atomic E-state index is -0.705. The number of ether oxygens (including phenoxy) is 1. The topological polar surface area (TPSA) is 38.3 Å². The summed E-state index contributed by atoms with van der Waals surface area (Å²) in [4.78, 5) is 12.2. The number of anilines is 1. The van der Waals surface area contributed by atoms with Gasteiger partial charge in [0.2, 0.25) is 0 Å². The van der Waals surface area contributed by atoms with Gasteiger partial charge in [-0.2, -0.15) is 0 Å². The molecule has 3 aromatic rings. The molecule has 0 radical (unpaired) electrons. The summed E-state index contributed by atoms with van der Waals surface area (Å²) in [6.45, 7) is 1.66. The lowest BCUT2D eigenvalue weighted by Gasteiger charge is -2.16. The number of amides is 1. The number of carbonyl (C=O) groups excluding carboxylic acids is 1. The summed E-state index contributed by atoms with van der Waals surface area (Å²) in [7, 11) is 0. The second-order valence-corrected chi connectivity index (χ2v) is 5.24. The van der Waals surface area contributed by atoms with E-state index in [1.165, 1.54) is 12.1 Å². The Kier molecular flexibility index (Phi) is 4.24. The van der Waals surface area contributed by atoms with E-state index in [-0.39, 0.29) is 5.91 Å². The standard InChI is InChI=1S/C19H16FNO2/c1-13(19(22)21-16-9-5-8-15(20)12-16)23-18-11-4-7-14-6-2-3-10-17(14)18/h2-13H,1H3,(H,21,22)/t13-/m1/s1. The Morgan fingerprint density at radius 2 is 1.78 bits per heavy atom. The summed E-state index contributed by atoms with van der Waals surface area (Å²) < 4.78 is 18.9. The van der Waals surface area contributed by atoms with Crippen LogP contribution in [0.5, 0.6) is 5.75 Å². The number of hydrogen-bond donors (Lipinski definition) is 1. The summed E-state index contributed by atoms with van der Waals surface area (Å²) in [5.41, 5.74) is 0.406. The summed E-state index contributed by atoms with van der Waals surface area (Å²) in [6, 6.07) is 19.3. The predicted octanol–water partition coefficient (Wildman–Crippen LogP) is 4.38. The van der Waals surface area contributed by atoms with Gasteiger partial charge in [-0.3, -0.25) is 4.79 Å². The van der Waals surface area contributed by atoms with Crippen molar-refractivity contribution in [2.75, 3.05) is 5.32 Å². The normalized spacial score (nSPS) is 11.9. The number of fused-ring (bicyclic) bond motifs is 1. The molecule has 0 heterocycles. The lowest BCUT2D eigenvalue weighted by Crippen LogP contribution is -2.30. The Bertz CT molecular complexity index is 842. The fourth-order valence-electron chi connectivity index (χ4n) is 2.35. The third kappa shape index (κ3) is 3.48. The highest BCUT2D eigenvalue weighted by atomic mass is 19.1. The van der Waals surface area contributed by atoms with Crippen LogP contribution in [0.4, 0.5) is 10.1 Å². The Balaban J connectivity index is 1.75. The molecule has 1 N–H and O–H groups in total. The highest BCUT2D eigenvalue weighted by Crippen LogP contribution is 2.26. The van der Waals surface area contributed by atoms with Crippen molar-refractivity contribution in [1.29, 1.82) is 0 Å². The van der Waals surface area contributed by atoms with Crippen molar-refractivity contribution < 1.29 is 13.9 Å². The molecular weight excluding hydrogens is 293 g/mol. The Morgan fingerprint density at radius 1 is 1.04 bits per heavy atom. The van der Waals surface area contributed by atoms with Crippen LogP contribution in [0.1, 0.15) is 6.92 Å². The number of hydrogen-bond acceptors (Lipinski definition) is 2. The van der Waals surface area contributed by atoms with Crippen LogP contribution < -0.4 is 10.1 Å². The fraction of sp³-hybridized carbons (Fsp3) is 0.105. The monoisotopic (exact) mass is 309 g/mol. The molecule has 3 nitrogen and oxygen atoms in total. The molecular formula is C19H16FNO2. The van der Waals surface area contributed by atoms with Gasteiger partial charge in [0.05, 0.1) is 0 Å². The number of benzene rings is 3. The first-order valence-electron chi connectivity index (χ1n) is 7.34. The Hall–Kier alpha value is -2.88. The molecule has 0 aromatic heterocycles. The first-order valence-corrected chi connectivity index (χ1v) is 7.34. The fourth-order valence-corrected chi connectivity index (χ4v) is 2.35. The second-order valence-electron chi connectivity index (χ2n) is 5.24. The molecule has 0 bridgehead atoms. The predicted molar refractivity (Wildman–Crippen MR) is 89.1 cm³/mol. The molecule has 1 atom stereocenters. The van der Waals surface area contributed by atoms with Gasteiger partial charge in [0.25, 0.3) is 5.91 Å². The number of carbonyl (C=O) groups is 1. The van der Waals surface area contributed by atoms with Crippen molar-refractivity contribution in [3.63, 3.8) is 0 Å². The smallest absolute Gasteiger partial charge is 0.265 e. The molecule has 3 aromatic carbocycles. The van der Waals surface area contributed by atoms with Crippen LogP contribution in [0, 0.1) is 5.82 Å². The Morgan fingerprint density at radius 3 is 2.61 bits per heavy atom. The van der Waals surface area contributed by atoms with Crippen LogP contribution in [0.2, 0.25) is 0 Å². The molecule has 3 rings (SSSR count). The van der Waals surface area contributed by atoms with E-state index < -0.39 is 11.9 Å². The van der Waals surface area contributed by atoms with Gasteiger partial charge in [-0.15, -0.1) is 0 Å². The van der Waals surface area contributed by atoms with Crippen molar-refractivity contribution in [2.24, 2.45) is 0 Å². The molecule has 0 fully saturated rings. The highest BCUT2D eigenvalue weighted by Gasteiger charge is 2.16. The van der Waals surface area contributed by atoms with Gasteiger partial charge >= 0.3 is 0 Å². The molecule has 0 aliphatic carbocycles. The SMILES string of the molecule is C[C@@H](Oc1cccc2ccccc12)C(=O)Nc1cccc(F)c1. The van der Waals surface area contributed by atoms with Gasteiger partial charge in [0, 0.05) is 11.1 Å². The molecule has 0 unspecified atom stereocenters. The van der Waals surface area contributed by atoms with Crippen molar-refractivity contribution in [3.05, 3.63) is 72.5 Å².